The van der Waals surface area contributed by atoms with E-state index >= 15 is 0 Å². The second-order valence-electron chi connectivity index (χ2n) is 3.55. The number of hydrogen-bond donors (Lipinski definition) is 0. The lowest BCUT2D eigenvalue weighted by atomic mass is 9.92. The minimum Gasteiger partial charge on any atom is -0.198 e. The standard InChI is InChI=1S/C12H11N/c1-2-6-11-10(5-1)9-13-8-4-3-7-12(11)13/h1-8,11H,9H2/q+1. The predicted octanol–water partition coefficient (Wildman–Crippen LogP) is 1.77. The summed E-state index contributed by atoms with van der Waals surface area (Å²) in [5, 5.41) is 0. The Labute approximate surface area is 78.0 Å². The molecular weight excluding hydrogens is 158 g/mol. The summed E-state index contributed by atoms with van der Waals surface area (Å²) in [7, 11) is 0. The first-order chi connectivity index (χ1) is 6.45. The van der Waals surface area contributed by atoms with Crippen LogP contribution in [0.4, 0.5) is 0 Å². The second-order valence-corrected chi connectivity index (χ2v) is 3.55. The number of allylic oxidation sites excluding steroid dienone is 4. The van der Waals surface area contributed by atoms with E-state index in [2.05, 4.69) is 53.6 Å². The van der Waals surface area contributed by atoms with Gasteiger partial charge in [-0.3, -0.25) is 0 Å². The molecule has 1 radical (unpaired) electrons. The molecule has 0 spiro atoms. The summed E-state index contributed by atoms with van der Waals surface area (Å²) in [6, 6.07) is 6.41. The van der Waals surface area contributed by atoms with Crippen molar-refractivity contribution >= 4 is 0 Å². The Hall–Kier alpha value is -1.37. The summed E-state index contributed by atoms with van der Waals surface area (Å²) >= 11 is 0. The fourth-order valence-corrected chi connectivity index (χ4v) is 2.13. The smallest absolute Gasteiger partial charge is 0.189 e. The fourth-order valence-electron chi connectivity index (χ4n) is 2.13. The summed E-state index contributed by atoms with van der Waals surface area (Å²) in [5.74, 6) is 0.534. The molecule has 1 aromatic rings. The molecule has 1 unspecified atom stereocenters. The average molecular weight is 169 g/mol. The van der Waals surface area contributed by atoms with Crippen molar-refractivity contribution in [3.63, 3.8) is 0 Å². The van der Waals surface area contributed by atoms with E-state index in [4.69, 9.17) is 0 Å². The van der Waals surface area contributed by atoms with Gasteiger partial charge in [0.05, 0.1) is 5.92 Å². The van der Waals surface area contributed by atoms with Crippen molar-refractivity contribution in [3.05, 3.63) is 60.3 Å². The highest BCUT2D eigenvalue weighted by Gasteiger charge is 2.33. The molecule has 1 atom stereocenters. The van der Waals surface area contributed by atoms with E-state index in [1.807, 2.05) is 0 Å². The van der Waals surface area contributed by atoms with Crippen LogP contribution >= 0.6 is 0 Å². The van der Waals surface area contributed by atoms with Crippen LogP contribution in [-0.4, -0.2) is 0 Å². The highest BCUT2D eigenvalue weighted by Crippen LogP contribution is 2.32. The third-order valence-corrected chi connectivity index (χ3v) is 2.77. The molecule has 0 saturated heterocycles. The zero-order valence-electron chi connectivity index (χ0n) is 7.35. The first-order valence-electron chi connectivity index (χ1n) is 4.64. The molecule has 0 N–H and O–H groups in total. The molecule has 1 heteroatoms. The number of aromatic nitrogens is 1. The van der Waals surface area contributed by atoms with Gasteiger partial charge in [-0.25, -0.2) is 0 Å². The predicted molar refractivity (Wildman–Crippen MR) is 50.9 cm³/mol. The van der Waals surface area contributed by atoms with Crippen LogP contribution in [0.2, 0.25) is 0 Å². The van der Waals surface area contributed by atoms with Crippen LogP contribution in [0.15, 0.2) is 48.2 Å². The van der Waals surface area contributed by atoms with Gasteiger partial charge in [0.1, 0.15) is 0 Å². The molecule has 0 aromatic carbocycles. The number of fused-ring (bicyclic) bond motifs is 3. The summed E-state index contributed by atoms with van der Waals surface area (Å²) in [6.07, 6.45) is 10.9. The van der Waals surface area contributed by atoms with Crippen molar-refractivity contribution in [2.75, 3.05) is 0 Å². The van der Waals surface area contributed by atoms with E-state index in [-0.39, 0.29) is 0 Å². The molecule has 2 heterocycles. The quantitative estimate of drug-likeness (QED) is 0.521. The highest BCUT2D eigenvalue weighted by molar-refractivity contribution is 5.36. The third-order valence-electron chi connectivity index (χ3n) is 2.77. The van der Waals surface area contributed by atoms with E-state index in [1.54, 1.807) is 0 Å². The van der Waals surface area contributed by atoms with E-state index in [1.165, 1.54) is 11.3 Å². The largest absolute Gasteiger partial charge is 0.198 e. The summed E-state index contributed by atoms with van der Waals surface area (Å²) in [4.78, 5) is 0. The maximum atomic E-state index is 2.32. The lowest BCUT2D eigenvalue weighted by Gasteiger charge is -2.06. The number of pyridine rings is 1. The Morgan fingerprint density at radius 3 is 3.23 bits per heavy atom. The maximum Gasteiger partial charge on any atom is 0.189 e. The Morgan fingerprint density at radius 2 is 2.23 bits per heavy atom. The molecule has 1 aromatic heterocycles. The van der Waals surface area contributed by atoms with Gasteiger partial charge in [-0.1, -0.05) is 24.3 Å². The van der Waals surface area contributed by atoms with Gasteiger partial charge in [0.2, 0.25) is 0 Å². The Bertz CT molecular complexity index is 401. The van der Waals surface area contributed by atoms with Gasteiger partial charge in [-0.15, -0.1) is 0 Å². The van der Waals surface area contributed by atoms with Crippen molar-refractivity contribution < 1.29 is 4.57 Å². The number of hydrogen-bond acceptors (Lipinski definition) is 0. The van der Waals surface area contributed by atoms with Gasteiger partial charge in [0.25, 0.3) is 0 Å². The number of rotatable bonds is 0. The third kappa shape index (κ3) is 0.966. The van der Waals surface area contributed by atoms with E-state index < -0.39 is 0 Å². The average Bonchev–Trinajstić information content (AvgIpc) is 2.56. The zero-order chi connectivity index (χ0) is 8.67. The van der Waals surface area contributed by atoms with Gasteiger partial charge < -0.3 is 0 Å². The van der Waals surface area contributed by atoms with Gasteiger partial charge in [0, 0.05) is 24.1 Å². The Morgan fingerprint density at radius 1 is 1.23 bits per heavy atom. The molecule has 0 bridgehead atoms. The lowest BCUT2D eigenvalue weighted by molar-refractivity contribution is -0.686. The zero-order valence-corrected chi connectivity index (χ0v) is 7.35. The molecule has 3 rings (SSSR count). The van der Waals surface area contributed by atoms with Gasteiger partial charge >= 0.3 is 0 Å². The summed E-state index contributed by atoms with van der Waals surface area (Å²) in [6.45, 7) is 1.06. The Balaban J connectivity index is 2.14. The molecule has 0 saturated carbocycles. The molecule has 1 nitrogen and oxygen atoms in total. The maximum absolute atomic E-state index is 2.32. The van der Waals surface area contributed by atoms with Crippen LogP contribution in [-0.2, 0) is 6.54 Å². The highest BCUT2D eigenvalue weighted by atomic mass is 15.0. The van der Waals surface area contributed by atoms with Crippen molar-refractivity contribution in [1.29, 1.82) is 0 Å². The van der Waals surface area contributed by atoms with Crippen LogP contribution in [0, 0.1) is 6.42 Å². The fraction of sp³-hybridized carbons (Fsp3) is 0.167. The SMILES string of the molecule is [CH]1C=CC=C2C[n+]3ccccc3C12. The number of nitrogens with zero attached hydrogens (tertiary/aromatic N) is 1. The molecule has 63 valence electrons. The molecule has 2 aliphatic rings. The van der Waals surface area contributed by atoms with Crippen molar-refractivity contribution in [2.24, 2.45) is 0 Å². The first-order valence-corrected chi connectivity index (χ1v) is 4.64. The van der Waals surface area contributed by atoms with Crippen LogP contribution < -0.4 is 4.57 Å². The molecule has 1 aliphatic heterocycles. The molecular formula is C12H11N+. The van der Waals surface area contributed by atoms with E-state index in [0.717, 1.165) is 6.54 Å². The Kier molecular flexibility index (Phi) is 1.39. The first kappa shape index (κ1) is 7.07. The minimum atomic E-state index is 0.534. The molecule has 1 aliphatic carbocycles. The van der Waals surface area contributed by atoms with Gasteiger partial charge in [0.15, 0.2) is 18.4 Å². The van der Waals surface area contributed by atoms with Crippen molar-refractivity contribution in [3.8, 4) is 0 Å². The minimum absolute atomic E-state index is 0.534. The van der Waals surface area contributed by atoms with Crippen molar-refractivity contribution in [2.45, 2.75) is 12.5 Å². The van der Waals surface area contributed by atoms with E-state index in [0.29, 0.717) is 5.92 Å². The monoisotopic (exact) mass is 169 g/mol. The molecule has 0 amide bonds. The summed E-state index contributed by atoms with van der Waals surface area (Å²) in [5.41, 5.74) is 2.92. The second kappa shape index (κ2) is 2.56. The van der Waals surface area contributed by atoms with Gasteiger partial charge in [-0.05, 0) is 0 Å². The van der Waals surface area contributed by atoms with E-state index in [9.17, 15) is 0 Å². The summed E-state index contributed by atoms with van der Waals surface area (Å²) < 4.78 is 2.32. The van der Waals surface area contributed by atoms with Crippen LogP contribution in [0.25, 0.3) is 0 Å². The van der Waals surface area contributed by atoms with Crippen LogP contribution in [0.5, 0.6) is 0 Å². The lowest BCUT2D eigenvalue weighted by Crippen LogP contribution is -2.32. The van der Waals surface area contributed by atoms with Gasteiger partial charge in [-0.2, -0.15) is 4.57 Å². The normalized spacial score (nSPS) is 23.7. The van der Waals surface area contributed by atoms with Crippen molar-refractivity contribution in [1.82, 2.24) is 0 Å². The van der Waals surface area contributed by atoms with Crippen LogP contribution in [0.1, 0.15) is 11.6 Å². The topological polar surface area (TPSA) is 3.88 Å². The molecule has 13 heavy (non-hydrogen) atoms. The van der Waals surface area contributed by atoms with Crippen LogP contribution in [0.3, 0.4) is 0 Å². The molecule has 0 fully saturated rings.